The van der Waals surface area contributed by atoms with Gasteiger partial charge in [0.1, 0.15) is 0 Å². The van der Waals surface area contributed by atoms with Crippen LogP contribution in [0.2, 0.25) is 0 Å². The molecule has 2 atom stereocenters. The Labute approximate surface area is 146 Å². The summed E-state index contributed by atoms with van der Waals surface area (Å²) in [6.45, 7) is 7.02. The summed E-state index contributed by atoms with van der Waals surface area (Å²) in [5.41, 5.74) is 7.29. The summed E-state index contributed by atoms with van der Waals surface area (Å²) in [6, 6.07) is 12.1. The molecule has 0 heterocycles. The zero-order valence-corrected chi connectivity index (χ0v) is 15.3. The van der Waals surface area contributed by atoms with Gasteiger partial charge in [0, 0.05) is 5.41 Å². The van der Waals surface area contributed by atoms with Gasteiger partial charge < -0.3 is 0 Å². The van der Waals surface area contributed by atoms with Crippen LogP contribution in [0.4, 0.5) is 0 Å². The largest absolute Gasteiger partial charge is 0.0850 e. The van der Waals surface area contributed by atoms with Gasteiger partial charge in [-0.2, -0.15) is 0 Å². The first kappa shape index (κ1) is 14.8. The van der Waals surface area contributed by atoms with Gasteiger partial charge in [-0.3, -0.25) is 0 Å². The van der Waals surface area contributed by atoms with Gasteiger partial charge in [-0.05, 0) is 77.3 Å². The maximum Gasteiger partial charge on any atom is 0.00274 e. The predicted molar refractivity (Wildman–Crippen MR) is 103 cm³/mol. The molecule has 1 spiro atoms. The summed E-state index contributed by atoms with van der Waals surface area (Å²) in [4.78, 5) is 0. The summed E-state index contributed by atoms with van der Waals surface area (Å²) in [6.07, 6.45) is 10.6. The second-order valence-electron chi connectivity index (χ2n) is 9.47. The molecule has 2 unspecified atom stereocenters. The van der Waals surface area contributed by atoms with Gasteiger partial charge in [-0.15, -0.1) is 0 Å². The van der Waals surface area contributed by atoms with Crippen LogP contribution in [0.3, 0.4) is 0 Å². The van der Waals surface area contributed by atoms with Gasteiger partial charge in [0.2, 0.25) is 0 Å². The highest BCUT2D eigenvalue weighted by Crippen LogP contribution is 2.59. The smallest absolute Gasteiger partial charge is 0.00274 e. The van der Waals surface area contributed by atoms with Gasteiger partial charge in [-0.1, -0.05) is 62.8 Å². The van der Waals surface area contributed by atoms with E-state index in [1.54, 1.807) is 16.7 Å². The van der Waals surface area contributed by atoms with Crippen molar-refractivity contribution in [3.8, 4) is 0 Å². The van der Waals surface area contributed by atoms with Crippen molar-refractivity contribution in [3.63, 3.8) is 0 Å². The van der Waals surface area contributed by atoms with E-state index < -0.39 is 0 Å². The molecule has 0 amide bonds. The highest BCUT2D eigenvalue weighted by molar-refractivity contribution is 5.88. The predicted octanol–water partition coefficient (Wildman–Crippen LogP) is 6.45. The van der Waals surface area contributed by atoms with E-state index in [4.69, 9.17) is 0 Å². The van der Waals surface area contributed by atoms with Crippen LogP contribution in [0.25, 0.3) is 10.8 Å². The zero-order valence-electron chi connectivity index (χ0n) is 15.3. The van der Waals surface area contributed by atoms with Crippen LogP contribution < -0.4 is 0 Å². The molecule has 124 valence electrons. The quantitative estimate of drug-likeness (QED) is 0.490. The second kappa shape index (κ2) is 4.75. The van der Waals surface area contributed by atoms with E-state index in [0.29, 0.717) is 5.41 Å². The van der Waals surface area contributed by atoms with E-state index in [-0.39, 0.29) is 5.41 Å². The maximum atomic E-state index is 2.58. The Morgan fingerprint density at radius 2 is 2.00 bits per heavy atom. The first-order valence-electron chi connectivity index (χ1n) is 9.72. The number of fused-ring (bicyclic) bond motifs is 6. The van der Waals surface area contributed by atoms with E-state index in [2.05, 4.69) is 57.2 Å². The van der Waals surface area contributed by atoms with E-state index in [9.17, 15) is 0 Å². The molecular weight excluding hydrogens is 288 g/mol. The molecule has 0 N–H and O–H groups in total. The van der Waals surface area contributed by atoms with Gasteiger partial charge in [0.05, 0.1) is 0 Å². The maximum absolute atomic E-state index is 2.58. The van der Waals surface area contributed by atoms with Gasteiger partial charge in [0.25, 0.3) is 0 Å². The molecule has 0 aromatic heterocycles. The molecule has 0 radical (unpaired) electrons. The Bertz CT molecular complexity index is 861. The molecule has 0 aliphatic heterocycles. The topological polar surface area (TPSA) is 0 Å². The van der Waals surface area contributed by atoms with Gasteiger partial charge >= 0.3 is 0 Å². The molecule has 0 saturated heterocycles. The van der Waals surface area contributed by atoms with Crippen LogP contribution in [0, 0.1) is 5.92 Å². The number of rotatable bonds is 0. The van der Waals surface area contributed by atoms with Crippen molar-refractivity contribution in [2.24, 2.45) is 5.92 Å². The van der Waals surface area contributed by atoms with Gasteiger partial charge in [-0.25, -0.2) is 0 Å². The highest BCUT2D eigenvalue weighted by Gasteiger charge is 2.49. The third-order valence-electron chi connectivity index (χ3n) is 7.04. The van der Waals surface area contributed by atoms with Crippen molar-refractivity contribution in [1.82, 2.24) is 0 Å². The minimum atomic E-state index is 0.206. The van der Waals surface area contributed by atoms with Crippen molar-refractivity contribution in [2.75, 3.05) is 0 Å². The van der Waals surface area contributed by atoms with Crippen molar-refractivity contribution in [2.45, 2.75) is 70.1 Å². The van der Waals surface area contributed by atoms with E-state index in [1.165, 1.54) is 54.9 Å². The van der Waals surface area contributed by atoms with Crippen LogP contribution in [0.5, 0.6) is 0 Å². The van der Waals surface area contributed by atoms with Crippen LogP contribution in [-0.2, 0) is 17.3 Å². The Morgan fingerprint density at radius 3 is 2.71 bits per heavy atom. The lowest BCUT2D eigenvalue weighted by Crippen LogP contribution is -2.35. The van der Waals surface area contributed by atoms with E-state index >= 15 is 0 Å². The molecule has 1 fully saturated rings. The average molecular weight is 316 g/mol. The molecule has 1 saturated carbocycles. The summed E-state index contributed by atoms with van der Waals surface area (Å²) in [5, 5.41) is 2.95. The van der Waals surface area contributed by atoms with Crippen LogP contribution >= 0.6 is 0 Å². The first-order chi connectivity index (χ1) is 11.5. The summed E-state index contributed by atoms with van der Waals surface area (Å²) >= 11 is 0. The van der Waals surface area contributed by atoms with Gasteiger partial charge in [0.15, 0.2) is 0 Å². The standard InChI is InChI=1S/C24H28/c1-23(2,3)21-8-4-6-17-14-22-18(13-20(17)21)7-5-11-24(22)15-16-9-10-19(24)12-16/h4,6,8-9,13-14,19H,5,7,10-12,15H2,1-3H3. The molecule has 3 aliphatic carbocycles. The summed E-state index contributed by atoms with van der Waals surface area (Å²) in [7, 11) is 0. The SMILES string of the molecule is CC(C)(C)c1cccc2cc3c(cc12)CCCC31CC2=CCC1C2. The van der Waals surface area contributed by atoms with Crippen molar-refractivity contribution in [1.29, 1.82) is 0 Å². The third kappa shape index (κ3) is 1.92. The number of allylic oxidation sites excluding steroid dienone is 2. The second-order valence-corrected chi connectivity index (χ2v) is 9.47. The van der Waals surface area contributed by atoms with Crippen molar-refractivity contribution >= 4 is 10.8 Å². The minimum Gasteiger partial charge on any atom is -0.0850 e. The Balaban J connectivity index is 1.75. The van der Waals surface area contributed by atoms with Crippen molar-refractivity contribution in [3.05, 3.63) is 58.7 Å². The van der Waals surface area contributed by atoms with Crippen LogP contribution in [0.15, 0.2) is 42.0 Å². The van der Waals surface area contributed by atoms with Crippen LogP contribution in [0.1, 0.15) is 69.6 Å². The lowest BCUT2D eigenvalue weighted by molar-refractivity contribution is 0.270. The highest BCUT2D eigenvalue weighted by atomic mass is 14.5. The fourth-order valence-corrected chi connectivity index (χ4v) is 5.94. The fourth-order valence-electron chi connectivity index (χ4n) is 5.94. The molecular formula is C24H28. The zero-order chi connectivity index (χ0) is 16.5. The summed E-state index contributed by atoms with van der Waals surface area (Å²) < 4.78 is 0. The monoisotopic (exact) mass is 316 g/mol. The Morgan fingerprint density at radius 1 is 1.12 bits per heavy atom. The lowest BCUT2D eigenvalue weighted by Gasteiger charge is -2.42. The Kier molecular flexibility index (Phi) is 2.92. The molecule has 2 bridgehead atoms. The summed E-state index contributed by atoms with van der Waals surface area (Å²) in [5.74, 6) is 0.884. The normalized spacial score (nSPS) is 28.5. The first-order valence-corrected chi connectivity index (χ1v) is 9.72. The fraction of sp³-hybridized carbons (Fsp3) is 0.500. The number of aryl methyl sites for hydroxylation is 1. The molecule has 24 heavy (non-hydrogen) atoms. The molecule has 0 nitrogen and oxygen atoms in total. The average Bonchev–Trinajstić information content (AvgIpc) is 3.13. The van der Waals surface area contributed by atoms with E-state index in [1.807, 2.05) is 0 Å². The van der Waals surface area contributed by atoms with E-state index in [0.717, 1.165) is 5.92 Å². The molecule has 5 rings (SSSR count). The van der Waals surface area contributed by atoms with Crippen LogP contribution in [-0.4, -0.2) is 0 Å². The Hall–Kier alpha value is -1.56. The molecule has 2 aromatic rings. The minimum absolute atomic E-state index is 0.206. The molecule has 2 aromatic carbocycles. The number of hydrogen-bond donors (Lipinski definition) is 0. The molecule has 3 aliphatic rings. The number of benzene rings is 2. The molecule has 0 heteroatoms. The van der Waals surface area contributed by atoms with Crippen molar-refractivity contribution < 1.29 is 0 Å². The lowest BCUT2D eigenvalue weighted by atomic mass is 9.62. The number of hydrogen-bond acceptors (Lipinski definition) is 0. The third-order valence-corrected chi connectivity index (χ3v) is 7.04.